The summed E-state index contributed by atoms with van der Waals surface area (Å²) in [4.78, 5) is 16.5. The lowest BCUT2D eigenvalue weighted by molar-refractivity contribution is -0.135. The standard InChI is InChI=1S/C14H29N3O/c1-13(2,3)10-12(18)16-6-8-17(9-7-16)14(4,5)11-15/h6-11,15H2,1-5H3. The van der Waals surface area contributed by atoms with Crippen molar-refractivity contribution in [3.05, 3.63) is 0 Å². The van der Waals surface area contributed by atoms with Crippen molar-refractivity contribution in [2.45, 2.75) is 46.6 Å². The van der Waals surface area contributed by atoms with E-state index in [1.54, 1.807) is 0 Å². The fraction of sp³-hybridized carbons (Fsp3) is 0.929. The van der Waals surface area contributed by atoms with Crippen LogP contribution in [0.5, 0.6) is 0 Å². The maximum Gasteiger partial charge on any atom is 0.223 e. The highest BCUT2D eigenvalue weighted by molar-refractivity contribution is 5.76. The topological polar surface area (TPSA) is 49.6 Å². The van der Waals surface area contributed by atoms with Crippen LogP contribution < -0.4 is 5.73 Å². The van der Waals surface area contributed by atoms with Gasteiger partial charge in [0, 0.05) is 44.7 Å². The molecule has 4 nitrogen and oxygen atoms in total. The van der Waals surface area contributed by atoms with Crippen LogP contribution in [0.2, 0.25) is 0 Å². The molecule has 1 aliphatic rings. The largest absolute Gasteiger partial charge is 0.340 e. The van der Waals surface area contributed by atoms with Crippen molar-refractivity contribution in [2.24, 2.45) is 11.1 Å². The van der Waals surface area contributed by atoms with Crippen LogP contribution in [-0.4, -0.2) is 54.0 Å². The fourth-order valence-corrected chi connectivity index (χ4v) is 2.26. The zero-order valence-corrected chi connectivity index (χ0v) is 12.6. The Bertz CT molecular complexity index is 286. The molecule has 1 heterocycles. The van der Waals surface area contributed by atoms with E-state index in [9.17, 15) is 4.79 Å². The molecule has 106 valence electrons. The molecule has 1 fully saturated rings. The third-order valence-corrected chi connectivity index (χ3v) is 3.67. The quantitative estimate of drug-likeness (QED) is 0.827. The van der Waals surface area contributed by atoms with E-state index in [0.29, 0.717) is 13.0 Å². The second-order valence-corrected chi connectivity index (χ2v) is 7.12. The number of amides is 1. The minimum Gasteiger partial charge on any atom is -0.340 e. The summed E-state index contributed by atoms with van der Waals surface area (Å²) < 4.78 is 0. The van der Waals surface area contributed by atoms with Crippen molar-refractivity contribution in [3.63, 3.8) is 0 Å². The minimum absolute atomic E-state index is 0.0408. The van der Waals surface area contributed by atoms with E-state index in [-0.39, 0.29) is 16.9 Å². The summed E-state index contributed by atoms with van der Waals surface area (Å²) in [6.07, 6.45) is 0.632. The lowest BCUT2D eigenvalue weighted by Gasteiger charge is -2.44. The summed E-state index contributed by atoms with van der Waals surface area (Å²) in [6, 6.07) is 0. The van der Waals surface area contributed by atoms with E-state index in [4.69, 9.17) is 5.73 Å². The number of carbonyl (C=O) groups excluding carboxylic acids is 1. The average molecular weight is 255 g/mol. The lowest BCUT2D eigenvalue weighted by atomic mass is 9.91. The van der Waals surface area contributed by atoms with Crippen LogP contribution in [-0.2, 0) is 4.79 Å². The lowest BCUT2D eigenvalue weighted by Crippen LogP contribution is -2.58. The van der Waals surface area contributed by atoms with Crippen LogP contribution in [0.3, 0.4) is 0 Å². The van der Waals surface area contributed by atoms with Gasteiger partial charge in [0.15, 0.2) is 0 Å². The molecule has 0 aromatic rings. The molecular weight excluding hydrogens is 226 g/mol. The van der Waals surface area contributed by atoms with E-state index in [0.717, 1.165) is 26.2 Å². The molecule has 0 atom stereocenters. The van der Waals surface area contributed by atoms with Crippen LogP contribution in [0.15, 0.2) is 0 Å². The van der Waals surface area contributed by atoms with Crippen LogP contribution in [0.25, 0.3) is 0 Å². The van der Waals surface area contributed by atoms with Gasteiger partial charge < -0.3 is 10.6 Å². The Morgan fingerprint density at radius 2 is 1.56 bits per heavy atom. The zero-order valence-electron chi connectivity index (χ0n) is 12.6. The molecule has 1 amide bonds. The van der Waals surface area contributed by atoms with Crippen LogP contribution >= 0.6 is 0 Å². The van der Waals surface area contributed by atoms with Gasteiger partial charge >= 0.3 is 0 Å². The van der Waals surface area contributed by atoms with E-state index in [1.807, 2.05) is 4.90 Å². The summed E-state index contributed by atoms with van der Waals surface area (Å²) in [6.45, 7) is 14.8. The molecule has 4 heteroatoms. The maximum absolute atomic E-state index is 12.1. The molecule has 0 aliphatic carbocycles. The smallest absolute Gasteiger partial charge is 0.223 e. The van der Waals surface area contributed by atoms with Gasteiger partial charge in [0.1, 0.15) is 0 Å². The molecule has 1 saturated heterocycles. The Labute approximate surface area is 111 Å². The highest BCUT2D eigenvalue weighted by atomic mass is 16.2. The number of nitrogens with zero attached hydrogens (tertiary/aromatic N) is 2. The SMILES string of the molecule is CC(C)(C)CC(=O)N1CCN(C(C)(C)CN)CC1. The Hall–Kier alpha value is -0.610. The molecule has 0 aromatic carbocycles. The maximum atomic E-state index is 12.1. The van der Waals surface area contributed by atoms with Crippen molar-refractivity contribution in [1.82, 2.24) is 9.80 Å². The van der Waals surface area contributed by atoms with Gasteiger partial charge in [-0.2, -0.15) is 0 Å². The van der Waals surface area contributed by atoms with Crippen molar-refractivity contribution in [1.29, 1.82) is 0 Å². The van der Waals surface area contributed by atoms with Crippen molar-refractivity contribution in [3.8, 4) is 0 Å². The number of piperazine rings is 1. The number of carbonyl (C=O) groups is 1. The second kappa shape index (κ2) is 5.57. The Balaban J connectivity index is 2.47. The highest BCUT2D eigenvalue weighted by Gasteiger charge is 2.30. The fourth-order valence-electron chi connectivity index (χ4n) is 2.26. The summed E-state index contributed by atoms with van der Waals surface area (Å²) >= 11 is 0. The number of rotatable bonds is 3. The minimum atomic E-state index is 0.0408. The summed E-state index contributed by atoms with van der Waals surface area (Å²) in [7, 11) is 0. The molecule has 1 aliphatic heterocycles. The van der Waals surface area contributed by atoms with Gasteiger partial charge in [-0.3, -0.25) is 9.69 Å². The van der Waals surface area contributed by atoms with Gasteiger partial charge in [-0.05, 0) is 19.3 Å². The van der Waals surface area contributed by atoms with Crippen LogP contribution in [0, 0.1) is 5.41 Å². The Morgan fingerprint density at radius 3 is 1.94 bits per heavy atom. The van der Waals surface area contributed by atoms with Gasteiger partial charge in [-0.25, -0.2) is 0 Å². The normalized spacial score (nSPS) is 19.1. The first-order valence-electron chi connectivity index (χ1n) is 6.89. The predicted octanol–water partition coefficient (Wildman–Crippen LogP) is 1.30. The van der Waals surface area contributed by atoms with Gasteiger partial charge in [0.2, 0.25) is 5.91 Å². The van der Waals surface area contributed by atoms with Crippen LogP contribution in [0.1, 0.15) is 41.0 Å². The molecule has 0 bridgehead atoms. The molecule has 0 aromatic heterocycles. The molecule has 18 heavy (non-hydrogen) atoms. The van der Waals surface area contributed by atoms with Gasteiger partial charge in [-0.15, -0.1) is 0 Å². The Kier molecular flexibility index (Phi) is 4.78. The third kappa shape index (κ3) is 4.25. The monoisotopic (exact) mass is 255 g/mol. The molecule has 0 spiro atoms. The molecule has 2 N–H and O–H groups in total. The number of nitrogens with two attached hydrogens (primary N) is 1. The molecule has 0 unspecified atom stereocenters. The summed E-state index contributed by atoms with van der Waals surface area (Å²) in [5.41, 5.74) is 5.91. The van der Waals surface area contributed by atoms with Crippen LogP contribution in [0.4, 0.5) is 0 Å². The molecule has 0 saturated carbocycles. The number of hydrogen-bond donors (Lipinski definition) is 1. The molecule has 1 rings (SSSR count). The summed E-state index contributed by atoms with van der Waals surface area (Å²) in [5, 5.41) is 0. The Morgan fingerprint density at radius 1 is 1.06 bits per heavy atom. The van der Waals surface area contributed by atoms with Gasteiger partial charge in [0.05, 0.1) is 0 Å². The zero-order chi connectivity index (χ0) is 14.0. The van der Waals surface area contributed by atoms with E-state index in [1.165, 1.54) is 0 Å². The van der Waals surface area contributed by atoms with E-state index < -0.39 is 0 Å². The first-order valence-corrected chi connectivity index (χ1v) is 6.89. The van der Waals surface area contributed by atoms with E-state index in [2.05, 4.69) is 39.5 Å². The van der Waals surface area contributed by atoms with Gasteiger partial charge in [-0.1, -0.05) is 20.8 Å². The highest BCUT2D eigenvalue weighted by Crippen LogP contribution is 2.21. The molecular formula is C14H29N3O. The third-order valence-electron chi connectivity index (χ3n) is 3.67. The summed E-state index contributed by atoms with van der Waals surface area (Å²) in [5.74, 6) is 0.285. The predicted molar refractivity (Wildman–Crippen MR) is 75.4 cm³/mol. The second-order valence-electron chi connectivity index (χ2n) is 7.12. The first-order chi connectivity index (χ1) is 8.15. The van der Waals surface area contributed by atoms with E-state index >= 15 is 0 Å². The van der Waals surface area contributed by atoms with Crippen molar-refractivity contribution < 1.29 is 4.79 Å². The van der Waals surface area contributed by atoms with Gasteiger partial charge in [0.25, 0.3) is 0 Å². The van der Waals surface area contributed by atoms with Crippen molar-refractivity contribution >= 4 is 5.91 Å². The average Bonchev–Trinajstić information content (AvgIpc) is 2.27. The molecule has 0 radical (unpaired) electrons. The first kappa shape index (κ1) is 15.4. The van der Waals surface area contributed by atoms with Crippen molar-refractivity contribution in [2.75, 3.05) is 32.7 Å². The number of hydrogen-bond acceptors (Lipinski definition) is 3.